The summed E-state index contributed by atoms with van der Waals surface area (Å²) in [5.41, 5.74) is 1.80. The van der Waals surface area contributed by atoms with Crippen LogP contribution in [0.25, 0.3) is 0 Å². The zero-order valence-corrected chi connectivity index (χ0v) is 19.0. The summed E-state index contributed by atoms with van der Waals surface area (Å²) in [4.78, 5) is 27.8. The summed E-state index contributed by atoms with van der Waals surface area (Å²) >= 11 is 9.39. The standard InChI is InChI=1S/C23H26BrClN2O2/c1-15(2)21(26-22(28)19-5-3-4-6-20(19)24)23(29)27-13-11-17(12-14-27)16-7-9-18(25)10-8-16/h3-10,15,17,21H,11-14H2,1-2H3,(H,26,28). The molecule has 0 aromatic heterocycles. The van der Waals surface area contributed by atoms with Crippen molar-refractivity contribution in [1.29, 1.82) is 0 Å². The van der Waals surface area contributed by atoms with Gasteiger partial charge in [-0.2, -0.15) is 0 Å². The van der Waals surface area contributed by atoms with E-state index in [-0.39, 0.29) is 17.7 Å². The molecule has 0 radical (unpaired) electrons. The van der Waals surface area contributed by atoms with E-state index in [9.17, 15) is 9.59 Å². The van der Waals surface area contributed by atoms with E-state index in [1.54, 1.807) is 6.07 Å². The van der Waals surface area contributed by atoms with Crippen molar-refractivity contribution in [2.24, 2.45) is 5.92 Å². The smallest absolute Gasteiger partial charge is 0.253 e. The van der Waals surface area contributed by atoms with Gasteiger partial charge in [-0.1, -0.05) is 49.7 Å². The molecule has 2 aromatic rings. The van der Waals surface area contributed by atoms with Crippen LogP contribution < -0.4 is 5.32 Å². The number of benzene rings is 2. The zero-order valence-electron chi connectivity index (χ0n) is 16.7. The number of halogens is 2. The van der Waals surface area contributed by atoms with Crippen molar-refractivity contribution in [2.45, 2.75) is 38.6 Å². The number of piperidine rings is 1. The Bertz CT molecular complexity index is 861. The van der Waals surface area contributed by atoms with Crippen molar-refractivity contribution < 1.29 is 9.59 Å². The van der Waals surface area contributed by atoms with Gasteiger partial charge in [0.15, 0.2) is 0 Å². The summed E-state index contributed by atoms with van der Waals surface area (Å²) in [5.74, 6) is 0.196. The lowest BCUT2D eigenvalue weighted by Gasteiger charge is -2.35. The van der Waals surface area contributed by atoms with E-state index in [4.69, 9.17) is 11.6 Å². The predicted octanol–water partition coefficient (Wildman–Crippen LogP) is 5.26. The number of hydrogen-bond acceptors (Lipinski definition) is 2. The fourth-order valence-electron chi connectivity index (χ4n) is 3.74. The monoisotopic (exact) mass is 476 g/mol. The van der Waals surface area contributed by atoms with Gasteiger partial charge in [-0.3, -0.25) is 9.59 Å². The number of carbonyl (C=O) groups is 2. The van der Waals surface area contributed by atoms with E-state index in [1.807, 2.05) is 49.1 Å². The molecule has 1 N–H and O–H groups in total. The first-order chi connectivity index (χ1) is 13.9. The fraction of sp³-hybridized carbons (Fsp3) is 0.391. The van der Waals surface area contributed by atoms with Crippen LogP contribution in [0.2, 0.25) is 5.02 Å². The third kappa shape index (κ3) is 5.40. The lowest BCUT2D eigenvalue weighted by atomic mass is 9.89. The third-order valence-electron chi connectivity index (χ3n) is 5.49. The number of nitrogens with one attached hydrogen (secondary N) is 1. The fourth-order valence-corrected chi connectivity index (χ4v) is 4.33. The molecular formula is C23H26BrClN2O2. The molecule has 0 aliphatic carbocycles. The van der Waals surface area contributed by atoms with Crippen molar-refractivity contribution >= 4 is 39.3 Å². The van der Waals surface area contributed by atoms with Gasteiger partial charge in [0.05, 0.1) is 5.56 Å². The van der Waals surface area contributed by atoms with Crippen molar-refractivity contribution in [3.8, 4) is 0 Å². The number of amides is 2. The number of carbonyl (C=O) groups excluding carboxylic acids is 2. The molecule has 1 heterocycles. The van der Waals surface area contributed by atoms with Gasteiger partial charge in [0, 0.05) is 22.6 Å². The largest absolute Gasteiger partial charge is 0.341 e. The van der Waals surface area contributed by atoms with Gasteiger partial charge >= 0.3 is 0 Å². The summed E-state index contributed by atoms with van der Waals surface area (Å²) in [5, 5.41) is 3.68. The molecule has 4 nitrogen and oxygen atoms in total. The molecule has 3 rings (SSSR count). The van der Waals surface area contributed by atoms with Gasteiger partial charge in [0.25, 0.3) is 5.91 Å². The maximum atomic E-state index is 13.2. The highest BCUT2D eigenvalue weighted by Gasteiger charge is 2.32. The SMILES string of the molecule is CC(C)C(NC(=O)c1ccccc1Br)C(=O)N1CCC(c2ccc(Cl)cc2)CC1. The molecule has 2 aromatic carbocycles. The Morgan fingerprint density at radius 3 is 2.28 bits per heavy atom. The van der Waals surface area contributed by atoms with Gasteiger partial charge in [-0.15, -0.1) is 0 Å². The second kappa shape index (κ2) is 9.77. The molecule has 0 spiro atoms. The predicted molar refractivity (Wildman–Crippen MR) is 120 cm³/mol. The minimum absolute atomic E-state index is 0.00271. The molecule has 0 bridgehead atoms. The van der Waals surface area contributed by atoms with Crippen LogP contribution in [0.1, 0.15) is 48.5 Å². The number of rotatable bonds is 5. The van der Waals surface area contributed by atoms with Gasteiger partial charge in [0.1, 0.15) is 6.04 Å². The summed E-state index contributed by atoms with van der Waals surface area (Å²) < 4.78 is 0.719. The first kappa shape index (κ1) is 21.8. The summed E-state index contributed by atoms with van der Waals surface area (Å²) in [6, 6.07) is 14.7. The molecule has 154 valence electrons. The van der Waals surface area contributed by atoms with Crippen molar-refractivity contribution in [3.05, 3.63) is 69.2 Å². The molecule has 1 aliphatic heterocycles. The third-order valence-corrected chi connectivity index (χ3v) is 6.43. The zero-order chi connectivity index (χ0) is 21.0. The molecule has 29 heavy (non-hydrogen) atoms. The lowest BCUT2D eigenvalue weighted by molar-refractivity contribution is -0.135. The van der Waals surface area contributed by atoms with Gasteiger partial charge < -0.3 is 10.2 Å². The first-order valence-corrected chi connectivity index (χ1v) is 11.1. The minimum Gasteiger partial charge on any atom is -0.341 e. The molecule has 1 saturated heterocycles. The van der Waals surface area contributed by atoms with Crippen LogP contribution in [0, 0.1) is 5.92 Å². The van der Waals surface area contributed by atoms with E-state index in [1.165, 1.54) is 5.56 Å². The topological polar surface area (TPSA) is 49.4 Å². The maximum absolute atomic E-state index is 13.2. The lowest BCUT2D eigenvalue weighted by Crippen LogP contribution is -2.52. The van der Waals surface area contributed by atoms with Crippen molar-refractivity contribution in [1.82, 2.24) is 10.2 Å². The van der Waals surface area contributed by atoms with E-state index in [2.05, 4.69) is 33.4 Å². The number of likely N-dealkylation sites (tertiary alicyclic amines) is 1. The minimum atomic E-state index is -0.540. The Balaban J connectivity index is 1.63. The quantitative estimate of drug-likeness (QED) is 0.638. The maximum Gasteiger partial charge on any atom is 0.253 e. The molecule has 1 fully saturated rings. The van der Waals surface area contributed by atoms with Crippen LogP contribution in [-0.2, 0) is 4.79 Å². The molecule has 0 saturated carbocycles. The van der Waals surface area contributed by atoms with Gasteiger partial charge in [-0.25, -0.2) is 0 Å². The molecular weight excluding hydrogens is 452 g/mol. The van der Waals surface area contributed by atoms with Crippen LogP contribution in [0.3, 0.4) is 0 Å². The van der Waals surface area contributed by atoms with Crippen LogP contribution in [0.5, 0.6) is 0 Å². The average molecular weight is 478 g/mol. The van der Waals surface area contributed by atoms with Crippen LogP contribution >= 0.6 is 27.5 Å². The normalized spacial score (nSPS) is 16.0. The first-order valence-electron chi connectivity index (χ1n) is 9.96. The Morgan fingerprint density at radius 2 is 1.69 bits per heavy atom. The van der Waals surface area contributed by atoms with Crippen LogP contribution in [0.4, 0.5) is 0 Å². The second-order valence-electron chi connectivity index (χ2n) is 7.83. The van der Waals surface area contributed by atoms with Crippen molar-refractivity contribution in [2.75, 3.05) is 13.1 Å². The van der Waals surface area contributed by atoms with E-state index in [0.717, 1.165) is 22.3 Å². The Labute approximate surface area is 185 Å². The van der Waals surface area contributed by atoms with Crippen LogP contribution in [0.15, 0.2) is 53.0 Å². The van der Waals surface area contributed by atoms with E-state index >= 15 is 0 Å². The highest BCUT2D eigenvalue weighted by atomic mass is 79.9. The highest BCUT2D eigenvalue weighted by Crippen LogP contribution is 2.29. The molecule has 2 amide bonds. The van der Waals surface area contributed by atoms with E-state index < -0.39 is 6.04 Å². The van der Waals surface area contributed by atoms with Gasteiger partial charge in [0.2, 0.25) is 5.91 Å². The van der Waals surface area contributed by atoms with Gasteiger partial charge in [-0.05, 0) is 70.4 Å². The Hall–Kier alpha value is -1.85. The molecule has 1 atom stereocenters. The number of hydrogen-bond donors (Lipinski definition) is 1. The molecule has 1 unspecified atom stereocenters. The molecule has 6 heteroatoms. The summed E-state index contributed by atoms with van der Waals surface area (Å²) in [6.45, 7) is 5.31. The summed E-state index contributed by atoms with van der Waals surface area (Å²) in [7, 11) is 0. The summed E-state index contributed by atoms with van der Waals surface area (Å²) in [6.07, 6.45) is 1.83. The van der Waals surface area contributed by atoms with Crippen molar-refractivity contribution in [3.63, 3.8) is 0 Å². The number of nitrogens with zero attached hydrogens (tertiary/aromatic N) is 1. The second-order valence-corrected chi connectivity index (χ2v) is 9.12. The van der Waals surface area contributed by atoms with E-state index in [0.29, 0.717) is 24.6 Å². The van der Waals surface area contributed by atoms with Crippen LogP contribution in [-0.4, -0.2) is 35.8 Å². The average Bonchev–Trinajstić information content (AvgIpc) is 2.72. The Morgan fingerprint density at radius 1 is 1.07 bits per heavy atom. The Kier molecular flexibility index (Phi) is 7.36. The molecule has 1 aliphatic rings. The highest BCUT2D eigenvalue weighted by molar-refractivity contribution is 9.10.